The van der Waals surface area contributed by atoms with Crippen molar-refractivity contribution in [3.05, 3.63) is 86.2 Å². The molecule has 0 radical (unpaired) electrons. The minimum Gasteiger partial charge on any atom is -0.372 e. The van der Waals surface area contributed by atoms with Gasteiger partial charge in [0.2, 0.25) is 0 Å². The van der Waals surface area contributed by atoms with E-state index in [1.54, 1.807) is 24.1 Å². The summed E-state index contributed by atoms with van der Waals surface area (Å²) in [7, 11) is 1.72. The van der Waals surface area contributed by atoms with Crippen LogP contribution in [0.25, 0.3) is 0 Å². The van der Waals surface area contributed by atoms with Gasteiger partial charge in [-0.25, -0.2) is 4.98 Å². The van der Waals surface area contributed by atoms with Gasteiger partial charge in [0, 0.05) is 43.6 Å². The molecule has 3 aromatic rings. The first-order valence-electron chi connectivity index (χ1n) is 10.6. The Bertz CT molecular complexity index is 1130. The van der Waals surface area contributed by atoms with Gasteiger partial charge in [-0.1, -0.05) is 67.7 Å². The zero-order valence-electron chi connectivity index (χ0n) is 19.1. The quantitative estimate of drug-likeness (QED) is 0.390. The van der Waals surface area contributed by atoms with Crippen LogP contribution in [0.3, 0.4) is 0 Å². The molecular weight excluding hydrogens is 479 g/mol. The second-order valence-electron chi connectivity index (χ2n) is 8.83. The largest absolute Gasteiger partial charge is 0.372 e. The maximum Gasteiger partial charge on any atom is 0.257 e. The van der Waals surface area contributed by atoms with Crippen molar-refractivity contribution in [1.29, 1.82) is 0 Å². The van der Waals surface area contributed by atoms with E-state index in [-0.39, 0.29) is 11.3 Å². The molecule has 5 nitrogen and oxygen atoms in total. The van der Waals surface area contributed by atoms with Gasteiger partial charge in [-0.15, -0.1) is 0 Å². The molecule has 174 valence electrons. The minimum absolute atomic E-state index is 0.0456. The Hall–Kier alpha value is -2.34. The van der Waals surface area contributed by atoms with Gasteiger partial charge in [0.25, 0.3) is 5.91 Å². The lowest BCUT2D eigenvalue weighted by Gasteiger charge is -2.25. The number of carbonyl (C=O) groups is 1. The molecule has 2 aromatic heterocycles. The highest BCUT2D eigenvalue weighted by atomic mass is 35.5. The van der Waals surface area contributed by atoms with Crippen molar-refractivity contribution in [2.24, 2.45) is 0 Å². The van der Waals surface area contributed by atoms with Gasteiger partial charge < -0.3 is 10.2 Å². The number of amides is 1. The normalized spacial score (nSPS) is 11.4. The number of carbonyl (C=O) groups excluding carboxylic acids is 1. The highest BCUT2D eigenvalue weighted by molar-refractivity contribution is 6.42. The summed E-state index contributed by atoms with van der Waals surface area (Å²) < 4.78 is 0. The maximum absolute atomic E-state index is 13.6. The molecule has 1 N–H and O–H groups in total. The fourth-order valence-electron chi connectivity index (χ4n) is 3.37. The maximum atomic E-state index is 13.6. The number of pyridine rings is 2. The molecule has 1 aromatic carbocycles. The Morgan fingerprint density at radius 2 is 1.70 bits per heavy atom. The molecule has 1 amide bonds. The lowest BCUT2D eigenvalue weighted by Crippen LogP contribution is -2.33. The second-order valence-corrected chi connectivity index (χ2v) is 10.1. The van der Waals surface area contributed by atoms with Crippen molar-refractivity contribution in [2.45, 2.75) is 39.2 Å². The van der Waals surface area contributed by atoms with Crippen LogP contribution in [0, 0.1) is 0 Å². The van der Waals surface area contributed by atoms with Gasteiger partial charge in [0.1, 0.15) is 5.82 Å². The van der Waals surface area contributed by atoms with Crippen molar-refractivity contribution in [1.82, 2.24) is 14.9 Å². The number of rotatable bonds is 7. The van der Waals surface area contributed by atoms with Gasteiger partial charge >= 0.3 is 0 Å². The van der Waals surface area contributed by atoms with Gasteiger partial charge in [0.05, 0.1) is 20.6 Å². The molecule has 0 bridgehead atoms. The number of nitrogens with one attached hydrogen (secondary N) is 1. The van der Waals surface area contributed by atoms with Gasteiger partial charge in [-0.2, -0.15) is 0 Å². The van der Waals surface area contributed by atoms with Crippen LogP contribution in [-0.4, -0.2) is 34.4 Å². The summed E-state index contributed by atoms with van der Waals surface area (Å²) >= 11 is 18.4. The first-order chi connectivity index (χ1) is 15.6. The SMILES string of the molecule is CNc1ncc(Cl)cc1C(=O)N(CCc1ccc(Cl)c(Cl)c1)Cc1ccc(C(C)(C)C)nc1. The average Bonchev–Trinajstić information content (AvgIpc) is 2.78. The van der Waals surface area contributed by atoms with Crippen LogP contribution in [0.5, 0.6) is 0 Å². The molecule has 0 aliphatic carbocycles. The number of hydrogen-bond acceptors (Lipinski definition) is 4. The Kier molecular flexibility index (Phi) is 8.22. The molecule has 2 heterocycles. The molecule has 3 rings (SSSR count). The molecule has 33 heavy (non-hydrogen) atoms. The summed E-state index contributed by atoms with van der Waals surface area (Å²) in [5.41, 5.74) is 3.29. The predicted octanol–water partition coefficient (Wildman–Crippen LogP) is 6.66. The van der Waals surface area contributed by atoms with Crippen LogP contribution in [-0.2, 0) is 18.4 Å². The number of anilines is 1. The number of halogens is 3. The summed E-state index contributed by atoms with van der Waals surface area (Å²) in [6.45, 7) is 7.22. The van der Waals surface area contributed by atoms with E-state index in [0.29, 0.717) is 46.0 Å². The van der Waals surface area contributed by atoms with Crippen molar-refractivity contribution in [2.75, 3.05) is 18.9 Å². The molecule has 0 fully saturated rings. The first-order valence-corrected chi connectivity index (χ1v) is 11.7. The molecule has 8 heteroatoms. The number of benzene rings is 1. The Morgan fingerprint density at radius 3 is 2.30 bits per heavy atom. The van der Waals surface area contributed by atoms with Crippen molar-refractivity contribution in [3.8, 4) is 0 Å². The summed E-state index contributed by atoms with van der Waals surface area (Å²) in [5.74, 6) is 0.305. The third kappa shape index (κ3) is 6.59. The lowest BCUT2D eigenvalue weighted by molar-refractivity contribution is 0.0745. The van der Waals surface area contributed by atoms with E-state index < -0.39 is 0 Å². The van der Waals surface area contributed by atoms with Crippen LogP contribution >= 0.6 is 34.8 Å². The molecule has 0 saturated heterocycles. The van der Waals surface area contributed by atoms with Crippen LogP contribution in [0.4, 0.5) is 5.82 Å². The number of aromatic nitrogens is 2. The van der Waals surface area contributed by atoms with Crippen molar-refractivity contribution in [3.63, 3.8) is 0 Å². The average molecular weight is 506 g/mol. The van der Waals surface area contributed by atoms with Crippen molar-refractivity contribution < 1.29 is 4.79 Å². The monoisotopic (exact) mass is 504 g/mol. The Labute approximate surface area is 210 Å². The van der Waals surface area contributed by atoms with Crippen LogP contribution in [0.2, 0.25) is 15.1 Å². The van der Waals surface area contributed by atoms with E-state index in [1.165, 1.54) is 6.20 Å². The smallest absolute Gasteiger partial charge is 0.257 e. The Morgan fingerprint density at radius 1 is 0.970 bits per heavy atom. The molecule has 0 unspecified atom stereocenters. The summed E-state index contributed by atoms with van der Waals surface area (Å²) in [6.07, 6.45) is 3.95. The second kappa shape index (κ2) is 10.7. The molecule has 0 spiro atoms. The van der Waals surface area contributed by atoms with E-state index in [9.17, 15) is 4.79 Å². The van der Waals surface area contributed by atoms with Gasteiger partial charge in [-0.3, -0.25) is 9.78 Å². The first kappa shape index (κ1) is 25.3. The summed E-state index contributed by atoms with van der Waals surface area (Å²) in [5, 5.41) is 4.37. The highest BCUT2D eigenvalue weighted by Gasteiger charge is 2.21. The lowest BCUT2D eigenvalue weighted by atomic mass is 9.91. The number of nitrogens with zero attached hydrogens (tertiary/aromatic N) is 3. The molecule has 0 aliphatic rings. The topological polar surface area (TPSA) is 58.1 Å². The molecule has 0 atom stereocenters. The fraction of sp³-hybridized carbons (Fsp3) is 0.320. The zero-order chi connectivity index (χ0) is 24.2. The van der Waals surface area contributed by atoms with Crippen LogP contribution in [0.15, 0.2) is 48.8 Å². The van der Waals surface area contributed by atoms with Gasteiger partial charge in [0.15, 0.2) is 0 Å². The van der Waals surface area contributed by atoms with Gasteiger partial charge in [-0.05, 0) is 41.8 Å². The highest BCUT2D eigenvalue weighted by Crippen LogP contribution is 2.25. The predicted molar refractivity (Wildman–Crippen MR) is 137 cm³/mol. The summed E-state index contributed by atoms with van der Waals surface area (Å²) in [4.78, 5) is 24.2. The fourth-order valence-corrected chi connectivity index (χ4v) is 3.84. The molecular formula is C25H27Cl3N4O. The van der Waals surface area contributed by atoms with Crippen molar-refractivity contribution >= 4 is 46.5 Å². The third-order valence-corrected chi connectivity index (χ3v) is 6.18. The minimum atomic E-state index is -0.172. The van der Waals surface area contributed by atoms with E-state index in [2.05, 4.69) is 36.1 Å². The van der Waals surface area contributed by atoms with E-state index in [0.717, 1.165) is 16.8 Å². The Balaban J connectivity index is 1.89. The van der Waals surface area contributed by atoms with Crippen LogP contribution in [0.1, 0.15) is 48.0 Å². The zero-order valence-corrected chi connectivity index (χ0v) is 21.4. The van der Waals surface area contributed by atoms with E-state index in [1.807, 2.05) is 30.5 Å². The third-order valence-electron chi connectivity index (χ3n) is 5.23. The van der Waals surface area contributed by atoms with E-state index >= 15 is 0 Å². The van der Waals surface area contributed by atoms with Crippen LogP contribution < -0.4 is 5.32 Å². The number of hydrogen-bond donors (Lipinski definition) is 1. The van der Waals surface area contributed by atoms with E-state index in [4.69, 9.17) is 34.8 Å². The standard InChI is InChI=1S/C25H27Cl3N4O/c1-25(2,3)22-8-6-17(13-30-22)15-32(10-9-16-5-7-20(27)21(28)11-16)24(33)19-12-18(26)14-31-23(19)29-4/h5-8,11-14H,9-10,15H2,1-4H3,(H,29,31). The summed E-state index contributed by atoms with van der Waals surface area (Å²) in [6, 6.07) is 11.2. The molecule has 0 aliphatic heterocycles. The molecule has 0 saturated carbocycles.